The first-order valence-electron chi connectivity index (χ1n) is 11.8. The lowest BCUT2D eigenvalue weighted by Gasteiger charge is -2.29. The molecular formula is C26H28F2N6O2. The van der Waals surface area contributed by atoms with Gasteiger partial charge in [0.25, 0.3) is 5.91 Å². The summed E-state index contributed by atoms with van der Waals surface area (Å²) >= 11 is 0. The van der Waals surface area contributed by atoms with Gasteiger partial charge in [-0.15, -0.1) is 0 Å². The molecule has 0 spiro atoms. The highest BCUT2D eigenvalue weighted by molar-refractivity contribution is 6.05. The molecule has 1 amide bonds. The first-order valence-corrected chi connectivity index (χ1v) is 11.8. The normalized spacial score (nSPS) is 14.4. The van der Waals surface area contributed by atoms with Gasteiger partial charge < -0.3 is 15.0 Å². The second kappa shape index (κ2) is 9.02. The average Bonchev–Trinajstić information content (AvgIpc) is 3.41. The molecule has 1 fully saturated rings. The number of anilines is 2. The SMILES string of the molecule is Cc1ccc(C(=O)Nc2cnn(C(C)(C)C)c2F)cc1-c1cc(N2CCOCC2)c2ncc(F)n2c1. The molecule has 0 saturated carbocycles. The van der Waals surface area contributed by atoms with Crippen LogP contribution in [0.5, 0.6) is 0 Å². The molecule has 0 atom stereocenters. The quantitative estimate of drug-likeness (QED) is 0.448. The number of aromatic nitrogens is 4. The number of carbonyl (C=O) groups is 1. The number of nitrogens with one attached hydrogen (secondary N) is 1. The molecule has 0 unspecified atom stereocenters. The van der Waals surface area contributed by atoms with Gasteiger partial charge in [-0.05, 0) is 57.0 Å². The van der Waals surface area contributed by atoms with Crippen LogP contribution in [0.2, 0.25) is 0 Å². The van der Waals surface area contributed by atoms with Gasteiger partial charge in [0.15, 0.2) is 5.65 Å². The molecule has 188 valence electrons. The fourth-order valence-electron chi connectivity index (χ4n) is 4.38. The van der Waals surface area contributed by atoms with Crippen LogP contribution < -0.4 is 10.2 Å². The number of aryl methyl sites for hydroxylation is 1. The molecule has 10 heteroatoms. The summed E-state index contributed by atoms with van der Waals surface area (Å²) in [5.41, 5.74) is 3.51. The van der Waals surface area contributed by atoms with E-state index >= 15 is 0 Å². The third-order valence-corrected chi connectivity index (χ3v) is 6.30. The van der Waals surface area contributed by atoms with E-state index in [9.17, 15) is 13.6 Å². The lowest BCUT2D eigenvalue weighted by Crippen LogP contribution is -2.36. The van der Waals surface area contributed by atoms with Crippen molar-refractivity contribution in [3.05, 3.63) is 65.9 Å². The molecule has 4 aromatic rings. The summed E-state index contributed by atoms with van der Waals surface area (Å²) in [5, 5.41) is 6.69. The summed E-state index contributed by atoms with van der Waals surface area (Å²) in [4.78, 5) is 19.4. The van der Waals surface area contributed by atoms with Crippen LogP contribution in [0.25, 0.3) is 16.8 Å². The van der Waals surface area contributed by atoms with Crippen molar-refractivity contribution in [2.24, 2.45) is 0 Å². The Hall–Kier alpha value is -3.79. The summed E-state index contributed by atoms with van der Waals surface area (Å²) in [6.45, 7) is 9.90. The standard InChI is InChI=1S/C26H28F2N6O2/c1-16-5-6-17(25(35)31-20-13-30-34(23(20)28)26(2,3)4)11-19(16)18-12-21(32-7-9-36-10-8-32)24-29-14-22(27)33(24)15-18/h5-6,11-15H,7-10H2,1-4H3,(H,31,35). The number of rotatable bonds is 4. The van der Waals surface area contributed by atoms with Gasteiger partial charge in [-0.2, -0.15) is 13.9 Å². The van der Waals surface area contributed by atoms with Gasteiger partial charge in [0.2, 0.25) is 11.9 Å². The number of ether oxygens (including phenoxy) is 1. The van der Waals surface area contributed by atoms with Crippen LogP contribution >= 0.6 is 0 Å². The van der Waals surface area contributed by atoms with E-state index in [-0.39, 0.29) is 5.69 Å². The maximum absolute atomic E-state index is 14.8. The molecule has 1 aromatic carbocycles. The van der Waals surface area contributed by atoms with Crippen molar-refractivity contribution < 1.29 is 18.3 Å². The fraction of sp³-hybridized carbons (Fsp3) is 0.346. The Morgan fingerprint density at radius 1 is 1.11 bits per heavy atom. The Morgan fingerprint density at radius 3 is 2.56 bits per heavy atom. The Morgan fingerprint density at radius 2 is 1.86 bits per heavy atom. The number of hydrogen-bond acceptors (Lipinski definition) is 5. The van der Waals surface area contributed by atoms with E-state index in [0.717, 1.165) is 22.4 Å². The van der Waals surface area contributed by atoms with Gasteiger partial charge in [0.1, 0.15) is 5.69 Å². The average molecular weight is 495 g/mol. The van der Waals surface area contributed by atoms with E-state index < -0.39 is 23.3 Å². The minimum absolute atomic E-state index is 0.00793. The molecule has 3 aromatic heterocycles. The molecule has 4 heterocycles. The molecule has 1 aliphatic heterocycles. The molecule has 1 aliphatic rings. The maximum atomic E-state index is 14.8. The number of hydrogen-bond donors (Lipinski definition) is 1. The summed E-state index contributed by atoms with van der Waals surface area (Å²) in [6.07, 6.45) is 4.18. The first-order chi connectivity index (χ1) is 17.1. The second-order valence-electron chi connectivity index (χ2n) is 9.90. The molecule has 36 heavy (non-hydrogen) atoms. The van der Waals surface area contributed by atoms with Gasteiger partial charge >= 0.3 is 0 Å². The topological polar surface area (TPSA) is 76.7 Å². The van der Waals surface area contributed by atoms with Crippen molar-refractivity contribution in [1.82, 2.24) is 19.2 Å². The number of pyridine rings is 1. The Bertz CT molecular complexity index is 1450. The third kappa shape index (κ3) is 4.32. The van der Waals surface area contributed by atoms with E-state index in [1.54, 1.807) is 18.3 Å². The minimum Gasteiger partial charge on any atom is -0.378 e. The van der Waals surface area contributed by atoms with Crippen molar-refractivity contribution in [2.45, 2.75) is 33.2 Å². The van der Waals surface area contributed by atoms with Crippen molar-refractivity contribution in [3.63, 3.8) is 0 Å². The molecule has 1 saturated heterocycles. The van der Waals surface area contributed by atoms with E-state index in [0.29, 0.717) is 37.5 Å². The number of amides is 1. The molecular weight excluding hydrogens is 466 g/mol. The zero-order valence-corrected chi connectivity index (χ0v) is 20.7. The highest BCUT2D eigenvalue weighted by Crippen LogP contribution is 2.32. The predicted molar refractivity (Wildman–Crippen MR) is 133 cm³/mol. The first kappa shape index (κ1) is 23.9. The lowest BCUT2D eigenvalue weighted by molar-refractivity contribution is 0.102. The number of benzene rings is 1. The van der Waals surface area contributed by atoms with Crippen LogP contribution in [-0.2, 0) is 10.3 Å². The van der Waals surface area contributed by atoms with Gasteiger partial charge in [-0.25, -0.2) is 9.67 Å². The van der Waals surface area contributed by atoms with Gasteiger partial charge in [0, 0.05) is 30.4 Å². The summed E-state index contributed by atoms with van der Waals surface area (Å²) < 4.78 is 37.5. The van der Waals surface area contributed by atoms with E-state index in [1.807, 2.05) is 39.8 Å². The van der Waals surface area contributed by atoms with Crippen LogP contribution in [0, 0.1) is 18.8 Å². The highest BCUT2D eigenvalue weighted by atomic mass is 19.1. The van der Waals surface area contributed by atoms with Crippen molar-refractivity contribution in [1.29, 1.82) is 0 Å². The largest absolute Gasteiger partial charge is 0.378 e. The number of carbonyl (C=O) groups excluding carboxylic acids is 1. The van der Waals surface area contributed by atoms with Crippen molar-refractivity contribution in [3.8, 4) is 11.1 Å². The molecule has 1 N–H and O–H groups in total. The van der Waals surface area contributed by atoms with Crippen LogP contribution in [0.15, 0.2) is 42.9 Å². The third-order valence-electron chi connectivity index (χ3n) is 6.30. The molecule has 0 bridgehead atoms. The summed E-state index contributed by atoms with van der Waals surface area (Å²) in [6, 6.07) is 7.20. The van der Waals surface area contributed by atoms with E-state index in [4.69, 9.17) is 4.74 Å². The Labute approximate surface area is 207 Å². The number of fused-ring (bicyclic) bond motifs is 1. The number of halogens is 2. The van der Waals surface area contributed by atoms with E-state index in [1.165, 1.54) is 21.5 Å². The van der Waals surface area contributed by atoms with Crippen LogP contribution in [0.4, 0.5) is 20.2 Å². The zero-order valence-electron chi connectivity index (χ0n) is 20.7. The second-order valence-corrected chi connectivity index (χ2v) is 9.90. The van der Waals surface area contributed by atoms with Crippen LogP contribution in [0.1, 0.15) is 36.7 Å². The van der Waals surface area contributed by atoms with Crippen LogP contribution in [-0.4, -0.2) is 51.4 Å². The van der Waals surface area contributed by atoms with E-state index in [2.05, 4.69) is 20.3 Å². The Balaban J connectivity index is 1.52. The number of imidazole rings is 1. The highest BCUT2D eigenvalue weighted by Gasteiger charge is 2.23. The maximum Gasteiger partial charge on any atom is 0.255 e. The van der Waals surface area contributed by atoms with Gasteiger partial charge in [0.05, 0.1) is 36.8 Å². The van der Waals surface area contributed by atoms with Crippen molar-refractivity contribution in [2.75, 3.05) is 36.5 Å². The predicted octanol–water partition coefficient (Wildman–Crippen LogP) is 4.63. The van der Waals surface area contributed by atoms with Crippen LogP contribution in [0.3, 0.4) is 0 Å². The Kier molecular flexibility index (Phi) is 5.99. The van der Waals surface area contributed by atoms with Gasteiger partial charge in [-0.1, -0.05) is 6.07 Å². The zero-order chi connectivity index (χ0) is 25.6. The lowest BCUT2D eigenvalue weighted by atomic mass is 9.98. The number of nitrogens with zero attached hydrogens (tertiary/aromatic N) is 5. The smallest absolute Gasteiger partial charge is 0.255 e. The monoisotopic (exact) mass is 494 g/mol. The molecule has 0 aliphatic carbocycles. The molecule has 8 nitrogen and oxygen atoms in total. The molecule has 5 rings (SSSR count). The molecule has 0 radical (unpaired) electrons. The fourth-order valence-corrected chi connectivity index (χ4v) is 4.38. The van der Waals surface area contributed by atoms with Gasteiger partial charge in [-0.3, -0.25) is 9.20 Å². The summed E-state index contributed by atoms with van der Waals surface area (Å²) in [7, 11) is 0. The summed E-state index contributed by atoms with van der Waals surface area (Å²) in [5.74, 6) is -1.55. The number of morpholine rings is 1. The van der Waals surface area contributed by atoms with Crippen molar-refractivity contribution >= 4 is 22.9 Å². The minimum atomic E-state index is -0.612.